The summed E-state index contributed by atoms with van der Waals surface area (Å²) in [5, 5.41) is 10.8. The average Bonchev–Trinajstić information content (AvgIpc) is 2.30. The van der Waals surface area contributed by atoms with Crippen molar-refractivity contribution in [2.75, 3.05) is 0 Å². The van der Waals surface area contributed by atoms with E-state index in [1.54, 1.807) is 0 Å². The van der Waals surface area contributed by atoms with Gasteiger partial charge in [0.25, 0.3) is 5.91 Å². The molecule has 19 heavy (non-hydrogen) atoms. The zero-order chi connectivity index (χ0) is 14.6. The second-order valence-corrected chi connectivity index (χ2v) is 3.97. The van der Waals surface area contributed by atoms with Crippen LogP contribution in [-0.2, 0) is 4.79 Å². The molecule has 0 radical (unpaired) electrons. The van der Waals surface area contributed by atoms with Crippen molar-refractivity contribution in [3.63, 3.8) is 0 Å². The zero-order valence-electron chi connectivity index (χ0n) is 9.84. The topological polar surface area (TPSA) is 119 Å². The summed E-state index contributed by atoms with van der Waals surface area (Å²) in [6.45, 7) is 1.38. The molecule has 0 bridgehead atoms. The summed E-state index contributed by atoms with van der Waals surface area (Å²) in [5.41, 5.74) is 4.64. The number of carbonyl (C=O) groups excluding carboxylic acids is 2. The smallest absolute Gasteiger partial charge is 0.337 e. The minimum atomic E-state index is -1.22. The Bertz CT molecular complexity index is 532. The van der Waals surface area contributed by atoms with Crippen LogP contribution in [-0.4, -0.2) is 29.1 Å². The number of hydrogen-bond donors (Lipinski definition) is 3. The van der Waals surface area contributed by atoms with Gasteiger partial charge in [-0.15, -0.1) is 0 Å². The van der Waals surface area contributed by atoms with E-state index in [0.29, 0.717) is 0 Å². The highest BCUT2D eigenvalue weighted by Crippen LogP contribution is 2.22. The van der Waals surface area contributed by atoms with E-state index in [-0.39, 0.29) is 16.3 Å². The van der Waals surface area contributed by atoms with Crippen molar-refractivity contribution >= 4 is 29.5 Å². The first-order valence-corrected chi connectivity index (χ1v) is 5.49. The number of benzene rings is 1. The van der Waals surface area contributed by atoms with E-state index in [9.17, 15) is 14.4 Å². The van der Waals surface area contributed by atoms with Crippen LogP contribution in [0.5, 0.6) is 5.75 Å². The van der Waals surface area contributed by atoms with Gasteiger partial charge in [0.1, 0.15) is 5.75 Å². The Kier molecular flexibility index (Phi) is 4.71. The molecule has 0 aliphatic rings. The molecule has 0 aromatic heterocycles. The van der Waals surface area contributed by atoms with Crippen LogP contribution >= 0.6 is 11.6 Å². The zero-order valence-corrected chi connectivity index (χ0v) is 10.6. The SMILES string of the molecule is CC(Oc1ccc(Cl)c(C(=O)O)c1)C(=O)NC(N)=O. The van der Waals surface area contributed by atoms with Gasteiger partial charge in [0.05, 0.1) is 10.6 Å². The lowest BCUT2D eigenvalue weighted by atomic mass is 10.2. The summed E-state index contributed by atoms with van der Waals surface area (Å²) >= 11 is 5.68. The fourth-order valence-corrected chi connectivity index (χ4v) is 1.42. The van der Waals surface area contributed by atoms with E-state index >= 15 is 0 Å². The van der Waals surface area contributed by atoms with Gasteiger partial charge in [0.2, 0.25) is 0 Å². The minimum Gasteiger partial charge on any atom is -0.481 e. The fraction of sp³-hybridized carbons (Fsp3) is 0.182. The van der Waals surface area contributed by atoms with Crippen molar-refractivity contribution in [1.82, 2.24) is 5.32 Å². The van der Waals surface area contributed by atoms with Crippen LogP contribution in [0.3, 0.4) is 0 Å². The third-order valence-corrected chi connectivity index (χ3v) is 2.43. The lowest BCUT2D eigenvalue weighted by Gasteiger charge is -2.14. The number of ether oxygens (including phenoxy) is 1. The number of imide groups is 1. The number of rotatable bonds is 4. The second kappa shape index (κ2) is 6.05. The molecule has 102 valence electrons. The van der Waals surface area contributed by atoms with Gasteiger partial charge in [-0.05, 0) is 25.1 Å². The lowest BCUT2D eigenvalue weighted by molar-refractivity contribution is -0.126. The normalized spacial score (nSPS) is 11.5. The molecule has 7 nitrogen and oxygen atoms in total. The first-order valence-electron chi connectivity index (χ1n) is 5.11. The summed E-state index contributed by atoms with van der Waals surface area (Å²) in [7, 11) is 0. The molecule has 1 aromatic carbocycles. The van der Waals surface area contributed by atoms with Crippen LogP contribution < -0.4 is 15.8 Å². The molecule has 1 rings (SSSR count). The van der Waals surface area contributed by atoms with Crippen molar-refractivity contribution < 1.29 is 24.2 Å². The van der Waals surface area contributed by atoms with Crippen molar-refractivity contribution in [2.24, 2.45) is 5.73 Å². The quantitative estimate of drug-likeness (QED) is 0.763. The Morgan fingerprint density at radius 3 is 2.58 bits per heavy atom. The summed E-state index contributed by atoms with van der Waals surface area (Å²) in [6.07, 6.45) is -1.02. The number of halogens is 1. The van der Waals surface area contributed by atoms with Crippen LogP contribution in [0.25, 0.3) is 0 Å². The Balaban J connectivity index is 2.82. The summed E-state index contributed by atoms with van der Waals surface area (Å²) in [6, 6.07) is 2.92. The summed E-state index contributed by atoms with van der Waals surface area (Å²) in [4.78, 5) is 32.7. The number of aromatic carboxylic acids is 1. The monoisotopic (exact) mass is 286 g/mol. The van der Waals surface area contributed by atoms with Gasteiger partial charge >= 0.3 is 12.0 Å². The van der Waals surface area contributed by atoms with Crippen molar-refractivity contribution in [1.29, 1.82) is 0 Å². The van der Waals surface area contributed by atoms with Crippen LogP contribution in [0.15, 0.2) is 18.2 Å². The molecule has 4 N–H and O–H groups in total. The standard InChI is InChI=1S/C11H11ClN2O5/c1-5(9(15)14-11(13)18)19-6-2-3-8(12)7(4-6)10(16)17/h2-5H,1H3,(H,16,17)(H3,13,14,15,18). The molecule has 1 unspecified atom stereocenters. The number of hydrogen-bond acceptors (Lipinski definition) is 4. The van der Waals surface area contributed by atoms with Gasteiger partial charge in [0, 0.05) is 0 Å². The van der Waals surface area contributed by atoms with Crippen molar-refractivity contribution in [2.45, 2.75) is 13.0 Å². The number of carboxylic acid groups (broad SMARTS) is 1. The Morgan fingerprint density at radius 1 is 1.42 bits per heavy atom. The maximum atomic E-state index is 11.4. The molecular formula is C11H11ClN2O5. The maximum absolute atomic E-state index is 11.4. The predicted molar refractivity (Wildman–Crippen MR) is 66.2 cm³/mol. The number of nitrogens with one attached hydrogen (secondary N) is 1. The minimum absolute atomic E-state index is 0.0501. The van der Waals surface area contributed by atoms with E-state index in [0.717, 1.165) is 0 Å². The number of carbonyl (C=O) groups is 3. The highest BCUT2D eigenvalue weighted by Gasteiger charge is 2.17. The molecule has 8 heteroatoms. The van der Waals surface area contributed by atoms with E-state index in [2.05, 4.69) is 0 Å². The van der Waals surface area contributed by atoms with E-state index < -0.39 is 24.0 Å². The van der Waals surface area contributed by atoms with Crippen molar-refractivity contribution in [3.05, 3.63) is 28.8 Å². The summed E-state index contributed by atoms with van der Waals surface area (Å²) < 4.78 is 5.18. The molecule has 0 saturated heterocycles. The van der Waals surface area contributed by atoms with E-state index in [4.69, 9.17) is 27.2 Å². The molecule has 0 fully saturated rings. The van der Waals surface area contributed by atoms with Crippen LogP contribution in [0.4, 0.5) is 4.79 Å². The van der Waals surface area contributed by atoms with Gasteiger partial charge in [-0.25, -0.2) is 9.59 Å². The lowest BCUT2D eigenvalue weighted by Crippen LogP contribution is -2.42. The Labute approximate surface area is 113 Å². The average molecular weight is 287 g/mol. The van der Waals surface area contributed by atoms with E-state index in [1.807, 2.05) is 5.32 Å². The number of urea groups is 1. The summed E-state index contributed by atoms with van der Waals surface area (Å²) in [5.74, 6) is -1.82. The molecular weight excluding hydrogens is 276 g/mol. The third-order valence-electron chi connectivity index (χ3n) is 2.10. The Morgan fingerprint density at radius 2 is 2.05 bits per heavy atom. The van der Waals surface area contributed by atoms with Gasteiger partial charge in [-0.3, -0.25) is 10.1 Å². The molecule has 3 amide bonds. The third kappa shape index (κ3) is 4.14. The van der Waals surface area contributed by atoms with Crippen LogP contribution in [0.1, 0.15) is 17.3 Å². The highest BCUT2D eigenvalue weighted by molar-refractivity contribution is 6.33. The predicted octanol–water partition coefficient (Wildman–Crippen LogP) is 1.00. The number of nitrogens with two attached hydrogens (primary N) is 1. The van der Waals surface area contributed by atoms with Crippen LogP contribution in [0, 0.1) is 0 Å². The first-order chi connectivity index (χ1) is 8.81. The molecule has 0 saturated carbocycles. The largest absolute Gasteiger partial charge is 0.481 e. The van der Waals surface area contributed by atoms with E-state index in [1.165, 1.54) is 25.1 Å². The molecule has 0 aliphatic carbocycles. The number of primary amides is 1. The Hall–Kier alpha value is -2.28. The molecule has 1 atom stereocenters. The van der Waals surface area contributed by atoms with Gasteiger partial charge in [-0.2, -0.15) is 0 Å². The van der Waals surface area contributed by atoms with Gasteiger partial charge in [-0.1, -0.05) is 11.6 Å². The highest BCUT2D eigenvalue weighted by atomic mass is 35.5. The van der Waals surface area contributed by atoms with Gasteiger partial charge in [0.15, 0.2) is 6.10 Å². The van der Waals surface area contributed by atoms with Crippen LogP contribution in [0.2, 0.25) is 5.02 Å². The molecule has 1 aromatic rings. The molecule has 0 heterocycles. The second-order valence-electron chi connectivity index (χ2n) is 3.56. The van der Waals surface area contributed by atoms with Crippen molar-refractivity contribution in [3.8, 4) is 5.75 Å². The number of carboxylic acids is 1. The maximum Gasteiger partial charge on any atom is 0.337 e. The fourth-order valence-electron chi connectivity index (χ4n) is 1.22. The first kappa shape index (κ1) is 14.8. The molecule has 0 aliphatic heterocycles. The van der Waals surface area contributed by atoms with Gasteiger partial charge < -0.3 is 15.6 Å². The molecule has 0 spiro atoms. The number of amides is 3.